The summed E-state index contributed by atoms with van der Waals surface area (Å²) in [6, 6.07) is 5.19. The number of halogens is 2. The Balaban J connectivity index is 2.08. The summed E-state index contributed by atoms with van der Waals surface area (Å²) in [6.45, 7) is 1.87. The Morgan fingerprint density at radius 2 is 2.05 bits per heavy atom. The number of nitrogens with one attached hydrogen (secondary N) is 1. The van der Waals surface area contributed by atoms with Gasteiger partial charge in [0.25, 0.3) is 0 Å². The summed E-state index contributed by atoms with van der Waals surface area (Å²) in [5, 5.41) is 6.10. The van der Waals surface area contributed by atoms with Crippen LogP contribution in [0.25, 0.3) is 6.08 Å². The number of nitrogens with zero attached hydrogens (tertiary/aromatic N) is 1. The van der Waals surface area contributed by atoms with Crippen molar-refractivity contribution in [2.45, 2.75) is 6.92 Å². The first-order chi connectivity index (χ1) is 9.06. The lowest BCUT2D eigenvalue weighted by Crippen LogP contribution is -2.07. The molecule has 0 aliphatic carbocycles. The van der Waals surface area contributed by atoms with Crippen LogP contribution >= 0.6 is 34.5 Å². The van der Waals surface area contributed by atoms with Crippen LogP contribution in [0, 0.1) is 6.92 Å². The molecule has 0 saturated carbocycles. The van der Waals surface area contributed by atoms with E-state index in [1.807, 2.05) is 12.3 Å². The number of benzene rings is 1. The van der Waals surface area contributed by atoms with Gasteiger partial charge in [0, 0.05) is 27.1 Å². The summed E-state index contributed by atoms with van der Waals surface area (Å²) in [5.41, 5.74) is 1.50. The molecule has 1 aromatic carbocycles. The van der Waals surface area contributed by atoms with E-state index in [0.717, 1.165) is 5.69 Å². The maximum Gasteiger partial charge on any atom is 0.250 e. The van der Waals surface area contributed by atoms with Crippen molar-refractivity contribution in [3.8, 4) is 0 Å². The molecule has 1 aromatic heterocycles. The zero-order chi connectivity index (χ0) is 13.8. The molecule has 0 spiro atoms. The molecule has 0 aliphatic heterocycles. The van der Waals surface area contributed by atoms with Crippen molar-refractivity contribution in [2.24, 2.45) is 0 Å². The predicted molar refractivity (Wildman–Crippen MR) is 81.0 cm³/mol. The Morgan fingerprint density at radius 1 is 1.37 bits per heavy atom. The largest absolute Gasteiger partial charge is 0.298 e. The minimum absolute atomic E-state index is 0.273. The van der Waals surface area contributed by atoms with Gasteiger partial charge in [-0.15, -0.1) is 11.3 Å². The summed E-state index contributed by atoms with van der Waals surface area (Å²) < 4.78 is 0. The van der Waals surface area contributed by atoms with Gasteiger partial charge < -0.3 is 0 Å². The summed E-state index contributed by atoms with van der Waals surface area (Å²) in [7, 11) is 0. The van der Waals surface area contributed by atoms with Crippen LogP contribution in [0.5, 0.6) is 0 Å². The standard InChI is InChI=1S/C13H10Cl2N2OS/c1-8-7-19-13(16-8)17-12(18)6-5-9-10(14)3-2-4-11(9)15/h2-7H,1H3,(H,16,17,18). The van der Waals surface area contributed by atoms with Gasteiger partial charge in [-0.1, -0.05) is 29.3 Å². The Bertz CT molecular complexity index is 617. The molecular formula is C13H10Cl2N2OS. The van der Waals surface area contributed by atoms with Gasteiger partial charge in [-0.25, -0.2) is 4.98 Å². The van der Waals surface area contributed by atoms with Crippen LogP contribution < -0.4 is 5.32 Å². The topological polar surface area (TPSA) is 42.0 Å². The summed E-state index contributed by atoms with van der Waals surface area (Å²) in [4.78, 5) is 15.8. The minimum Gasteiger partial charge on any atom is -0.298 e. The van der Waals surface area contributed by atoms with Crippen molar-refractivity contribution < 1.29 is 4.79 Å². The van der Waals surface area contributed by atoms with E-state index in [1.165, 1.54) is 17.4 Å². The second-order valence-electron chi connectivity index (χ2n) is 3.75. The number of aryl methyl sites for hydroxylation is 1. The predicted octanol–water partition coefficient (Wildman–Crippen LogP) is 4.41. The fourth-order valence-corrected chi connectivity index (χ4v) is 2.60. The average Bonchev–Trinajstić information content (AvgIpc) is 2.74. The van der Waals surface area contributed by atoms with Crippen molar-refractivity contribution in [3.63, 3.8) is 0 Å². The van der Waals surface area contributed by atoms with Gasteiger partial charge in [-0.2, -0.15) is 0 Å². The summed E-state index contributed by atoms with van der Waals surface area (Å²) >= 11 is 13.4. The van der Waals surface area contributed by atoms with Gasteiger partial charge in [0.05, 0.1) is 5.69 Å². The summed E-state index contributed by atoms with van der Waals surface area (Å²) in [6.07, 6.45) is 2.96. The highest BCUT2D eigenvalue weighted by molar-refractivity contribution is 7.13. The normalized spacial score (nSPS) is 10.9. The third-order valence-corrected chi connectivity index (χ3v) is 3.78. The zero-order valence-corrected chi connectivity index (χ0v) is 12.3. The second-order valence-corrected chi connectivity index (χ2v) is 5.42. The molecule has 1 amide bonds. The minimum atomic E-state index is -0.273. The van der Waals surface area contributed by atoms with Gasteiger partial charge in [-0.05, 0) is 25.1 Å². The average molecular weight is 313 g/mol. The molecule has 0 atom stereocenters. The number of thiazole rings is 1. The lowest BCUT2D eigenvalue weighted by atomic mass is 10.2. The molecule has 0 unspecified atom stereocenters. The van der Waals surface area contributed by atoms with E-state index >= 15 is 0 Å². The van der Waals surface area contributed by atoms with Gasteiger partial charge in [0.1, 0.15) is 0 Å². The highest BCUT2D eigenvalue weighted by Crippen LogP contribution is 2.25. The fraction of sp³-hybridized carbons (Fsp3) is 0.0769. The monoisotopic (exact) mass is 312 g/mol. The number of hydrogen-bond acceptors (Lipinski definition) is 3. The molecule has 1 heterocycles. The first-order valence-corrected chi connectivity index (χ1v) is 7.05. The van der Waals surface area contributed by atoms with Gasteiger partial charge in [0.15, 0.2) is 5.13 Å². The van der Waals surface area contributed by atoms with Crippen LogP contribution in [0.4, 0.5) is 5.13 Å². The Labute approximate surface area is 124 Å². The van der Waals surface area contributed by atoms with E-state index in [2.05, 4.69) is 10.3 Å². The quantitative estimate of drug-likeness (QED) is 0.853. The maximum atomic E-state index is 11.7. The first-order valence-electron chi connectivity index (χ1n) is 5.41. The van der Waals surface area contributed by atoms with Crippen LogP contribution in [-0.4, -0.2) is 10.9 Å². The lowest BCUT2D eigenvalue weighted by molar-refractivity contribution is -0.111. The first kappa shape index (κ1) is 14.1. The molecule has 2 rings (SSSR count). The molecule has 0 bridgehead atoms. The molecule has 2 aromatic rings. The number of anilines is 1. The van der Waals surface area contributed by atoms with E-state index in [9.17, 15) is 4.79 Å². The van der Waals surface area contributed by atoms with Crippen LogP contribution in [0.3, 0.4) is 0 Å². The fourth-order valence-electron chi connectivity index (χ4n) is 1.39. The number of rotatable bonds is 3. The van der Waals surface area contributed by atoms with Crippen molar-refractivity contribution in [1.82, 2.24) is 4.98 Å². The Hall–Kier alpha value is -1.36. The molecule has 1 N–H and O–H groups in total. The van der Waals surface area contributed by atoms with Gasteiger partial charge in [-0.3, -0.25) is 10.1 Å². The second kappa shape index (κ2) is 6.19. The molecular weight excluding hydrogens is 303 g/mol. The third-order valence-electron chi connectivity index (χ3n) is 2.25. The maximum absolute atomic E-state index is 11.7. The van der Waals surface area contributed by atoms with Crippen LogP contribution in [0.1, 0.15) is 11.3 Å². The van der Waals surface area contributed by atoms with Gasteiger partial charge in [0.2, 0.25) is 5.91 Å². The molecule has 19 heavy (non-hydrogen) atoms. The smallest absolute Gasteiger partial charge is 0.250 e. The van der Waals surface area contributed by atoms with Crippen LogP contribution in [-0.2, 0) is 4.79 Å². The van der Waals surface area contributed by atoms with E-state index < -0.39 is 0 Å². The van der Waals surface area contributed by atoms with E-state index in [0.29, 0.717) is 20.7 Å². The zero-order valence-electron chi connectivity index (χ0n) is 9.98. The molecule has 3 nitrogen and oxygen atoms in total. The number of carbonyl (C=O) groups is 1. The molecule has 0 fully saturated rings. The Morgan fingerprint density at radius 3 is 2.63 bits per heavy atom. The van der Waals surface area contributed by atoms with Gasteiger partial charge >= 0.3 is 0 Å². The van der Waals surface area contributed by atoms with Crippen LogP contribution in [0.15, 0.2) is 29.7 Å². The van der Waals surface area contributed by atoms with E-state index in [4.69, 9.17) is 23.2 Å². The number of amides is 1. The molecule has 6 heteroatoms. The lowest BCUT2D eigenvalue weighted by Gasteiger charge is -2.00. The van der Waals surface area contributed by atoms with Crippen molar-refractivity contribution >= 4 is 51.7 Å². The molecule has 0 radical (unpaired) electrons. The number of aromatic nitrogens is 1. The number of carbonyl (C=O) groups excluding carboxylic acids is 1. The van der Waals surface area contributed by atoms with Crippen LogP contribution in [0.2, 0.25) is 10.0 Å². The Kier molecular flexibility index (Phi) is 4.58. The summed E-state index contributed by atoms with van der Waals surface area (Å²) in [5.74, 6) is -0.273. The number of hydrogen-bond donors (Lipinski definition) is 1. The van der Waals surface area contributed by atoms with E-state index in [1.54, 1.807) is 24.3 Å². The molecule has 0 saturated heterocycles. The molecule has 98 valence electrons. The molecule has 0 aliphatic rings. The van der Waals surface area contributed by atoms with Crippen molar-refractivity contribution in [2.75, 3.05) is 5.32 Å². The van der Waals surface area contributed by atoms with Crippen molar-refractivity contribution in [3.05, 3.63) is 51.0 Å². The third kappa shape index (κ3) is 3.80. The highest BCUT2D eigenvalue weighted by Gasteiger charge is 2.04. The van der Waals surface area contributed by atoms with Crippen molar-refractivity contribution in [1.29, 1.82) is 0 Å². The SMILES string of the molecule is Cc1csc(NC(=O)C=Cc2c(Cl)cccc2Cl)n1. The highest BCUT2D eigenvalue weighted by atomic mass is 35.5. The van der Waals surface area contributed by atoms with E-state index in [-0.39, 0.29) is 5.91 Å².